The normalized spacial score (nSPS) is 20.0. The molecule has 6 nitrogen and oxygen atoms in total. The molecule has 1 heterocycles. The van der Waals surface area contributed by atoms with Gasteiger partial charge in [-0.1, -0.05) is 0 Å². The summed E-state index contributed by atoms with van der Waals surface area (Å²) in [5, 5.41) is 11.4. The summed E-state index contributed by atoms with van der Waals surface area (Å²) in [5.41, 5.74) is 3.98. The smallest absolute Gasteiger partial charge is 0.312 e. The zero-order chi connectivity index (χ0) is 10.6. The highest BCUT2D eigenvalue weighted by atomic mass is 16.5. The van der Waals surface area contributed by atoms with Gasteiger partial charge in [0.2, 0.25) is 0 Å². The maximum Gasteiger partial charge on any atom is 0.312 e. The van der Waals surface area contributed by atoms with E-state index in [1.807, 2.05) is 0 Å². The van der Waals surface area contributed by atoms with Crippen LogP contribution in [0.4, 0.5) is 4.79 Å². The molecule has 1 aliphatic heterocycles. The molecule has 14 heavy (non-hydrogen) atoms. The first kappa shape index (κ1) is 10.8. The van der Waals surface area contributed by atoms with Crippen molar-refractivity contribution < 1.29 is 19.4 Å². The number of carbonyl (C=O) groups excluding carboxylic acids is 1. The van der Waals surface area contributed by atoms with Crippen molar-refractivity contribution in [3.63, 3.8) is 0 Å². The van der Waals surface area contributed by atoms with Gasteiger partial charge in [0.15, 0.2) is 0 Å². The molecular formula is C8H14N2O4. The van der Waals surface area contributed by atoms with Crippen molar-refractivity contribution in [3.8, 4) is 0 Å². The molecule has 4 N–H and O–H groups in total. The summed E-state index contributed by atoms with van der Waals surface area (Å²) in [6.45, 7) is 0.889. The molecular weight excluding hydrogens is 188 g/mol. The molecule has 0 aromatic carbocycles. The van der Waals surface area contributed by atoms with E-state index in [0.717, 1.165) is 0 Å². The standard InChI is InChI=1S/C8H14N2O4/c9-7(13)10-5-8(6(11)12)1-3-14-4-2-8/h1-5H2,(H,11,12)(H3,9,10,13). The zero-order valence-corrected chi connectivity index (χ0v) is 7.78. The molecule has 1 rings (SSSR count). The molecule has 0 aromatic heterocycles. The van der Waals surface area contributed by atoms with E-state index in [2.05, 4.69) is 5.32 Å². The maximum atomic E-state index is 11.0. The lowest BCUT2D eigenvalue weighted by Crippen LogP contribution is -2.47. The minimum absolute atomic E-state index is 0.0705. The number of carboxylic acids is 1. The minimum Gasteiger partial charge on any atom is -0.481 e. The van der Waals surface area contributed by atoms with E-state index in [9.17, 15) is 9.59 Å². The fraction of sp³-hybridized carbons (Fsp3) is 0.750. The number of nitrogens with two attached hydrogens (primary N) is 1. The monoisotopic (exact) mass is 202 g/mol. The number of ether oxygens (including phenoxy) is 1. The van der Waals surface area contributed by atoms with Gasteiger partial charge < -0.3 is 20.9 Å². The van der Waals surface area contributed by atoms with Crippen LogP contribution in [0.3, 0.4) is 0 Å². The van der Waals surface area contributed by atoms with Crippen molar-refractivity contribution in [1.29, 1.82) is 0 Å². The maximum absolute atomic E-state index is 11.0. The van der Waals surface area contributed by atoms with E-state index in [1.165, 1.54) is 0 Å². The highest BCUT2D eigenvalue weighted by Gasteiger charge is 2.40. The Balaban J connectivity index is 2.60. The van der Waals surface area contributed by atoms with Crippen molar-refractivity contribution >= 4 is 12.0 Å². The third-order valence-electron chi connectivity index (χ3n) is 2.50. The zero-order valence-electron chi connectivity index (χ0n) is 7.78. The second-order valence-corrected chi connectivity index (χ2v) is 3.42. The van der Waals surface area contributed by atoms with Gasteiger partial charge in [0.25, 0.3) is 0 Å². The van der Waals surface area contributed by atoms with Crippen LogP contribution in [0.25, 0.3) is 0 Å². The summed E-state index contributed by atoms with van der Waals surface area (Å²) in [6, 6.07) is -0.697. The van der Waals surface area contributed by atoms with Crippen LogP contribution >= 0.6 is 0 Å². The minimum atomic E-state index is -0.909. The Morgan fingerprint density at radius 3 is 2.43 bits per heavy atom. The molecule has 0 aliphatic carbocycles. The number of aliphatic carboxylic acids is 1. The topological polar surface area (TPSA) is 102 Å². The number of carbonyl (C=O) groups is 2. The highest BCUT2D eigenvalue weighted by molar-refractivity contribution is 5.77. The van der Waals surface area contributed by atoms with Crippen LogP contribution in [-0.4, -0.2) is 36.9 Å². The van der Waals surface area contributed by atoms with Gasteiger partial charge in [-0.2, -0.15) is 0 Å². The van der Waals surface area contributed by atoms with Gasteiger partial charge in [-0.3, -0.25) is 4.79 Å². The first-order valence-electron chi connectivity index (χ1n) is 4.41. The molecule has 0 bridgehead atoms. The summed E-state index contributed by atoms with van der Waals surface area (Å²) in [5.74, 6) is -0.908. The first-order valence-corrected chi connectivity index (χ1v) is 4.41. The number of hydrogen-bond acceptors (Lipinski definition) is 3. The highest BCUT2D eigenvalue weighted by Crippen LogP contribution is 2.29. The Bertz CT molecular complexity index is 235. The number of nitrogens with one attached hydrogen (secondary N) is 1. The second-order valence-electron chi connectivity index (χ2n) is 3.42. The average molecular weight is 202 g/mol. The van der Waals surface area contributed by atoms with Crippen molar-refractivity contribution in [1.82, 2.24) is 5.32 Å². The molecule has 0 spiro atoms. The van der Waals surface area contributed by atoms with Gasteiger partial charge in [0.1, 0.15) is 0 Å². The van der Waals surface area contributed by atoms with Crippen molar-refractivity contribution in [2.75, 3.05) is 19.8 Å². The van der Waals surface area contributed by atoms with Crippen LogP contribution in [0.15, 0.2) is 0 Å². The van der Waals surface area contributed by atoms with E-state index in [0.29, 0.717) is 26.1 Å². The van der Waals surface area contributed by atoms with Crippen LogP contribution in [-0.2, 0) is 9.53 Å². The predicted molar refractivity (Wildman–Crippen MR) is 47.7 cm³/mol. The quantitative estimate of drug-likeness (QED) is 0.576. The van der Waals surface area contributed by atoms with Crippen LogP contribution in [0.5, 0.6) is 0 Å². The predicted octanol–water partition coefficient (Wildman–Crippen LogP) is -0.464. The molecule has 2 amide bonds. The molecule has 1 aliphatic rings. The Kier molecular flexibility index (Phi) is 3.29. The van der Waals surface area contributed by atoms with Crippen LogP contribution < -0.4 is 11.1 Å². The third kappa shape index (κ3) is 2.35. The summed E-state index contributed by atoms with van der Waals surface area (Å²) in [6.07, 6.45) is 0.811. The van der Waals surface area contributed by atoms with E-state index < -0.39 is 17.4 Å². The molecule has 0 atom stereocenters. The number of hydrogen-bond donors (Lipinski definition) is 3. The summed E-state index contributed by atoms with van der Waals surface area (Å²) >= 11 is 0. The van der Waals surface area contributed by atoms with Gasteiger partial charge in [-0.05, 0) is 12.8 Å². The number of primary amides is 1. The van der Waals surface area contributed by atoms with E-state index in [1.54, 1.807) is 0 Å². The first-order chi connectivity index (χ1) is 6.57. The Hall–Kier alpha value is -1.30. The Morgan fingerprint density at radius 2 is 2.00 bits per heavy atom. The van der Waals surface area contributed by atoms with Gasteiger partial charge in [-0.25, -0.2) is 4.79 Å². The number of carboxylic acid groups (broad SMARTS) is 1. The van der Waals surface area contributed by atoms with Crippen molar-refractivity contribution in [2.45, 2.75) is 12.8 Å². The molecule has 0 radical (unpaired) electrons. The second kappa shape index (κ2) is 4.28. The fourth-order valence-electron chi connectivity index (χ4n) is 1.48. The van der Waals surface area contributed by atoms with Crippen molar-refractivity contribution in [3.05, 3.63) is 0 Å². The van der Waals surface area contributed by atoms with Crippen LogP contribution in [0.1, 0.15) is 12.8 Å². The van der Waals surface area contributed by atoms with Crippen LogP contribution in [0.2, 0.25) is 0 Å². The Morgan fingerprint density at radius 1 is 1.43 bits per heavy atom. The lowest BCUT2D eigenvalue weighted by Gasteiger charge is -2.32. The van der Waals surface area contributed by atoms with Gasteiger partial charge in [0, 0.05) is 19.8 Å². The van der Waals surface area contributed by atoms with Gasteiger partial charge >= 0.3 is 12.0 Å². The largest absolute Gasteiger partial charge is 0.481 e. The average Bonchev–Trinajstić information content (AvgIpc) is 2.16. The molecule has 0 saturated carbocycles. The molecule has 1 saturated heterocycles. The summed E-state index contributed by atoms with van der Waals surface area (Å²) < 4.78 is 5.07. The van der Waals surface area contributed by atoms with Gasteiger partial charge in [0.05, 0.1) is 5.41 Å². The molecule has 6 heteroatoms. The Labute approximate surface area is 81.4 Å². The van der Waals surface area contributed by atoms with E-state index >= 15 is 0 Å². The third-order valence-corrected chi connectivity index (χ3v) is 2.50. The van der Waals surface area contributed by atoms with E-state index in [4.69, 9.17) is 15.6 Å². The lowest BCUT2D eigenvalue weighted by atomic mass is 9.80. The number of rotatable bonds is 3. The number of urea groups is 1. The molecule has 0 aromatic rings. The lowest BCUT2D eigenvalue weighted by molar-refractivity contribution is -0.154. The summed E-state index contributed by atoms with van der Waals surface area (Å²) in [7, 11) is 0. The molecule has 80 valence electrons. The fourth-order valence-corrected chi connectivity index (χ4v) is 1.48. The number of amides is 2. The van der Waals surface area contributed by atoms with Crippen molar-refractivity contribution in [2.24, 2.45) is 11.1 Å². The van der Waals surface area contributed by atoms with Gasteiger partial charge in [-0.15, -0.1) is 0 Å². The molecule has 1 fully saturated rings. The summed E-state index contributed by atoms with van der Waals surface area (Å²) in [4.78, 5) is 21.5. The molecule has 0 unspecified atom stereocenters. The van der Waals surface area contributed by atoms with E-state index in [-0.39, 0.29) is 6.54 Å². The van der Waals surface area contributed by atoms with Crippen LogP contribution in [0, 0.1) is 5.41 Å². The SMILES string of the molecule is NC(=O)NCC1(C(=O)O)CCOCC1.